The lowest BCUT2D eigenvalue weighted by atomic mass is 10.0. The van der Waals surface area contributed by atoms with Crippen molar-refractivity contribution >= 4 is 66.1 Å². The molecule has 40 heavy (non-hydrogen) atoms. The number of fused-ring (bicyclic) bond motifs is 2. The number of halogens is 2. The molecule has 0 radical (unpaired) electrons. The first-order valence-electron chi connectivity index (χ1n) is 11.7. The summed E-state index contributed by atoms with van der Waals surface area (Å²) in [6.45, 7) is 0. The molecule has 0 saturated heterocycles. The highest BCUT2D eigenvalue weighted by Gasteiger charge is 2.24. The number of hydrogen-bond acceptors (Lipinski definition) is 7. The first-order chi connectivity index (χ1) is 19.1. The zero-order chi connectivity index (χ0) is 28.6. The molecular formula is C30H19Br2NO7. The van der Waals surface area contributed by atoms with Crippen molar-refractivity contribution in [1.82, 2.24) is 0 Å². The van der Waals surface area contributed by atoms with Crippen LogP contribution in [0, 0.1) is 0 Å². The van der Waals surface area contributed by atoms with E-state index in [9.17, 15) is 30.0 Å². The number of rotatable bonds is 2. The zero-order valence-corrected chi connectivity index (χ0v) is 23.5. The minimum Gasteiger partial charge on any atom is -0.508 e. The Morgan fingerprint density at radius 1 is 0.775 bits per heavy atom. The number of phenolic OH excluding ortho intramolecular Hbond substituents is 4. The SMILES string of the molecule is O=C1Nc2ccc(Br)cc2/C1=C/c1cc(O)c(O)c(Br)c1.O=c1cc(-c2ccccc2)c2c(O)cc(O)cc2o1. The maximum atomic E-state index is 12.1. The van der Waals surface area contributed by atoms with Crippen LogP contribution in [0.4, 0.5) is 5.69 Å². The third-order valence-electron chi connectivity index (χ3n) is 6.03. The molecule has 8 nitrogen and oxygen atoms in total. The summed E-state index contributed by atoms with van der Waals surface area (Å²) >= 11 is 6.54. The molecule has 1 amide bonds. The van der Waals surface area contributed by atoms with Gasteiger partial charge in [-0.1, -0.05) is 46.3 Å². The Balaban J connectivity index is 0.000000162. The van der Waals surface area contributed by atoms with Crippen molar-refractivity contribution in [3.8, 4) is 34.1 Å². The summed E-state index contributed by atoms with van der Waals surface area (Å²) in [5, 5.41) is 41.8. The minimum atomic E-state index is -0.531. The first-order valence-corrected chi connectivity index (χ1v) is 13.3. The molecule has 5 N–H and O–H groups in total. The van der Waals surface area contributed by atoms with E-state index >= 15 is 0 Å². The molecule has 4 aromatic carbocycles. The Hall–Kier alpha value is -4.54. The summed E-state index contributed by atoms with van der Waals surface area (Å²) in [5.74, 6) is -0.956. The topological polar surface area (TPSA) is 140 Å². The second-order valence-corrected chi connectivity index (χ2v) is 10.5. The number of anilines is 1. The van der Waals surface area contributed by atoms with Crippen LogP contribution in [0.25, 0.3) is 33.7 Å². The smallest absolute Gasteiger partial charge is 0.336 e. The van der Waals surface area contributed by atoms with Gasteiger partial charge in [0, 0.05) is 45.1 Å². The van der Waals surface area contributed by atoms with Crippen LogP contribution >= 0.6 is 31.9 Å². The average Bonchev–Trinajstić information content (AvgIpc) is 3.21. The normalized spacial score (nSPS) is 13.1. The minimum absolute atomic E-state index is 0.127. The molecule has 0 bridgehead atoms. The summed E-state index contributed by atoms with van der Waals surface area (Å²) in [5.41, 5.74) is 3.64. The lowest BCUT2D eigenvalue weighted by molar-refractivity contribution is -0.110. The molecule has 0 saturated carbocycles. The lowest BCUT2D eigenvalue weighted by Crippen LogP contribution is -2.03. The van der Waals surface area contributed by atoms with E-state index in [0.29, 0.717) is 26.6 Å². The predicted octanol–water partition coefficient (Wildman–Crippen LogP) is 6.99. The molecule has 0 spiro atoms. The molecular weight excluding hydrogens is 646 g/mol. The number of benzene rings is 4. The molecule has 5 aromatic rings. The van der Waals surface area contributed by atoms with Gasteiger partial charge in [0.25, 0.3) is 5.91 Å². The van der Waals surface area contributed by atoms with Crippen LogP contribution in [-0.4, -0.2) is 26.3 Å². The highest BCUT2D eigenvalue weighted by molar-refractivity contribution is 9.10. The largest absolute Gasteiger partial charge is 0.508 e. The van der Waals surface area contributed by atoms with Crippen LogP contribution in [0.1, 0.15) is 11.1 Å². The molecule has 6 rings (SSSR count). The summed E-state index contributed by atoms with van der Waals surface area (Å²) in [6, 6.07) is 21.6. The highest BCUT2D eigenvalue weighted by Crippen LogP contribution is 2.39. The number of carbonyl (C=O) groups is 1. The molecule has 0 aliphatic carbocycles. The van der Waals surface area contributed by atoms with Crippen LogP contribution in [0.2, 0.25) is 0 Å². The molecule has 1 aromatic heterocycles. The number of carbonyl (C=O) groups excluding carboxylic acids is 1. The Morgan fingerprint density at radius 2 is 1.52 bits per heavy atom. The van der Waals surface area contributed by atoms with Gasteiger partial charge in [0.2, 0.25) is 0 Å². The second kappa shape index (κ2) is 10.9. The van der Waals surface area contributed by atoms with Gasteiger partial charge in [-0.15, -0.1) is 0 Å². The van der Waals surface area contributed by atoms with Crippen LogP contribution in [0.5, 0.6) is 23.0 Å². The molecule has 0 unspecified atom stereocenters. The average molecular weight is 665 g/mol. The molecule has 10 heteroatoms. The van der Waals surface area contributed by atoms with Gasteiger partial charge in [-0.25, -0.2) is 4.79 Å². The number of nitrogens with one attached hydrogen (secondary N) is 1. The summed E-state index contributed by atoms with van der Waals surface area (Å²) in [6.07, 6.45) is 1.66. The van der Waals surface area contributed by atoms with Gasteiger partial charge in [0.05, 0.1) is 9.86 Å². The van der Waals surface area contributed by atoms with Crippen molar-refractivity contribution in [2.45, 2.75) is 0 Å². The Kier molecular flexibility index (Phi) is 7.38. The van der Waals surface area contributed by atoms with Crippen molar-refractivity contribution in [1.29, 1.82) is 0 Å². The fourth-order valence-electron chi connectivity index (χ4n) is 4.27. The van der Waals surface area contributed by atoms with Crippen LogP contribution in [0.3, 0.4) is 0 Å². The summed E-state index contributed by atoms with van der Waals surface area (Å²) < 4.78 is 6.25. The van der Waals surface area contributed by atoms with E-state index in [4.69, 9.17) is 4.42 Å². The standard InChI is InChI=1S/C15H9Br2NO3.C15H10O4/c16-8-1-2-12-9(6-8)10(15(21)18-12)3-7-4-11(17)14(20)13(19)5-7;16-10-6-12(17)15-11(9-4-2-1-3-5-9)8-14(18)19-13(15)7-10/h1-6,19-20H,(H,18,21);1-8,16-17H/b10-3-;. The molecule has 0 atom stereocenters. The Bertz CT molecular complexity index is 1860. The summed E-state index contributed by atoms with van der Waals surface area (Å²) in [7, 11) is 0. The summed E-state index contributed by atoms with van der Waals surface area (Å²) in [4.78, 5) is 23.6. The quantitative estimate of drug-likeness (QED) is 0.0779. The maximum Gasteiger partial charge on any atom is 0.336 e. The van der Waals surface area contributed by atoms with E-state index < -0.39 is 5.63 Å². The van der Waals surface area contributed by atoms with Gasteiger partial charge >= 0.3 is 5.63 Å². The molecule has 1 aliphatic rings. The van der Waals surface area contributed by atoms with Crippen molar-refractivity contribution < 1.29 is 29.6 Å². The van der Waals surface area contributed by atoms with Crippen LogP contribution in [0.15, 0.2) is 97.0 Å². The van der Waals surface area contributed by atoms with Crippen molar-refractivity contribution in [2.24, 2.45) is 0 Å². The Labute approximate surface area is 243 Å². The van der Waals surface area contributed by atoms with Gasteiger partial charge in [0.1, 0.15) is 17.1 Å². The van der Waals surface area contributed by atoms with Gasteiger partial charge in [-0.2, -0.15) is 0 Å². The van der Waals surface area contributed by atoms with Crippen molar-refractivity contribution in [3.63, 3.8) is 0 Å². The van der Waals surface area contributed by atoms with Gasteiger partial charge in [0.15, 0.2) is 11.5 Å². The monoisotopic (exact) mass is 663 g/mol. The van der Waals surface area contributed by atoms with Crippen LogP contribution in [-0.2, 0) is 4.79 Å². The molecule has 200 valence electrons. The fraction of sp³-hybridized carbons (Fsp3) is 0. The van der Waals surface area contributed by atoms with E-state index in [-0.39, 0.29) is 34.5 Å². The third-order valence-corrected chi connectivity index (χ3v) is 7.13. The van der Waals surface area contributed by atoms with Crippen molar-refractivity contribution in [2.75, 3.05) is 5.32 Å². The van der Waals surface area contributed by atoms with Gasteiger partial charge in [-0.3, -0.25) is 4.79 Å². The number of hydrogen-bond donors (Lipinski definition) is 5. The lowest BCUT2D eigenvalue weighted by Gasteiger charge is -2.07. The Morgan fingerprint density at radius 3 is 2.25 bits per heavy atom. The van der Waals surface area contributed by atoms with Crippen molar-refractivity contribution in [3.05, 3.63) is 109 Å². The third kappa shape index (κ3) is 5.45. The van der Waals surface area contributed by atoms with Crippen LogP contribution < -0.4 is 10.9 Å². The second-order valence-electron chi connectivity index (χ2n) is 8.76. The van der Waals surface area contributed by atoms with E-state index in [0.717, 1.165) is 21.3 Å². The number of amides is 1. The maximum absolute atomic E-state index is 12.1. The molecule has 1 aliphatic heterocycles. The fourth-order valence-corrected chi connectivity index (χ4v) is 5.10. The molecule has 2 heterocycles. The van der Waals surface area contributed by atoms with E-state index in [1.54, 1.807) is 12.1 Å². The first kappa shape index (κ1) is 27.0. The number of phenols is 4. The van der Waals surface area contributed by atoms with Gasteiger partial charge in [-0.05, 0) is 63.5 Å². The van der Waals surface area contributed by atoms with E-state index in [1.807, 2.05) is 48.5 Å². The van der Waals surface area contributed by atoms with Gasteiger partial charge < -0.3 is 30.2 Å². The number of aromatic hydroxyl groups is 4. The van der Waals surface area contributed by atoms with E-state index in [1.165, 1.54) is 24.3 Å². The zero-order valence-electron chi connectivity index (χ0n) is 20.4. The predicted molar refractivity (Wildman–Crippen MR) is 159 cm³/mol. The highest BCUT2D eigenvalue weighted by atomic mass is 79.9. The van der Waals surface area contributed by atoms with E-state index in [2.05, 4.69) is 37.2 Å². The molecule has 0 fully saturated rings.